The number of carbonyl (C=O) groups excluding carboxylic acids is 1. The molecule has 1 aromatic carbocycles. The summed E-state index contributed by atoms with van der Waals surface area (Å²) in [4.78, 5) is 26.3. The van der Waals surface area contributed by atoms with E-state index in [1.165, 1.54) is 18.4 Å². The molecule has 1 saturated carbocycles. The number of fused-ring (bicyclic) bond motifs is 1. The number of carbonyl (C=O) groups is 1. The zero-order chi connectivity index (χ0) is 20.5. The molecule has 1 aliphatic carbocycles. The summed E-state index contributed by atoms with van der Waals surface area (Å²) < 4.78 is 7.64. The van der Waals surface area contributed by atoms with Crippen molar-refractivity contribution in [3.8, 4) is 5.75 Å². The lowest BCUT2D eigenvalue weighted by Gasteiger charge is -2.34. The molecule has 0 bridgehead atoms. The minimum Gasteiger partial charge on any atom is -0.494 e. The molecular formula is C23H27N5O2. The van der Waals surface area contributed by atoms with E-state index in [4.69, 9.17) is 4.74 Å². The largest absolute Gasteiger partial charge is 0.494 e. The van der Waals surface area contributed by atoms with Crippen LogP contribution in [0.1, 0.15) is 41.7 Å². The highest BCUT2D eigenvalue weighted by Crippen LogP contribution is 2.36. The van der Waals surface area contributed by atoms with Gasteiger partial charge in [0.05, 0.1) is 18.5 Å². The van der Waals surface area contributed by atoms with Crippen molar-refractivity contribution in [3.05, 3.63) is 54.0 Å². The molecule has 2 fully saturated rings. The summed E-state index contributed by atoms with van der Waals surface area (Å²) in [5.74, 6) is 0.954. The summed E-state index contributed by atoms with van der Waals surface area (Å²) in [7, 11) is 0. The van der Waals surface area contributed by atoms with Crippen molar-refractivity contribution in [2.45, 2.75) is 32.4 Å². The van der Waals surface area contributed by atoms with Gasteiger partial charge in [0.15, 0.2) is 5.65 Å². The number of benzene rings is 1. The van der Waals surface area contributed by atoms with Crippen LogP contribution < -0.4 is 4.74 Å². The van der Waals surface area contributed by atoms with Gasteiger partial charge in [0, 0.05) is 45.0 Å². The Balaban J connectivity index is 1.19. The van der Waals surface area contributed by atoms with E-state index in [-0.39, 0.29) is 5.91 Å². The predicted molar refractivity (Wildman–Crippen MR) is 115 cm³/mol. The number of ether oxygens (including phenoxy) is 1. The van der Waals surface area contributed by atoms with Gasteiger partial charge in [-0.3, -0.25) is 9.69 Å². The number of aromatic nitrogens is 3. The average molecular weight is 406 g/mol. The molecule has 0 unspecified atom stereocenters. The van der Waals surface area contributed by atoms with Gasteiger partial charge in [0.2, 0.25) is 0 Å². The second kappa shape index (κ2) is 8.07. The monoisotopic (exact) mass is 405 g/mol. The Morgan fingerprint density at radius 2 is 1.87 bits per heavy atom. The van der Waals surface area contributed by atoms with Crippen LogP contribution in [-0.2, 0) is 6.54 Å². The Kier molecular flexibility index (Phi) is 5.12. The maximum atomic E-state index is 13.0. The molecule has 0 radical (unpaired) electrons. The number of amides is 1. The summed E-state index contributed by atoms with van der Waals surface area (Å²) in [6.45, 7) is 6.75. The van der Waals surface area contributed by atoms with Crippen LogP contribution in [0.25, 0.3) is 11.2 Å². The Labute approximate surface area is 176 Å². The van der Waals surface area contributed by atoms with Crippen molar-refractivity contribution >= 4 is 17.1 Å². The third-order valence-electron chi connectivity index (χ3n) is 5.90. The first kappa shape index (κ1) is 19.1. The molecule has 1 amide bonds. The van der Waals surface area contributed by atoms with E-state index in [1.54, 1.807) is 6.20 Å². The third kappa shape index (κ3) is 3.89. The molecular weight excluding hydrogens is 378 g/mol. The molecule has 3 aromatic rings. The van der Waals surface area contributed by atoms with E-state index in [1.807, 2.05) is 36.4 Å². The van der Waals surface area contributed by atoms with Crippen LogP contribution in [0.5, 0.6) is 5.75 Å². The van der Waals surface area contributed by atoms with Gasteiger partial charge >= 0.3 is 0 Å². The van der Waals surface area contributed by atoms with E-state index in [0.29, 0.717) is 18.2 Å². The number of pyridine rings is 1. The van der Waals surface area contributed by atoms with Crippen LogP contribution in [0.3, 0.4) is 0 Å². The van der Waals surface area contributed by atoms with Crippen LogP contribution in [-0.4, -0.2) is 63.0 Å². The molecule has 2 aliphatic rings. The van der Waals surface area contributed by atoms with E-state index >= 15 is 0 Å². The van der Waals surface area contributed by atoms with Gasteiger partial charge in [-0.15, -0.1) is 0 Å². The lowest BCUT2D eigenvalue weighted by molar-refractivity contribution is 0.0628. The highest BCUT2D eigenvalue weighted by atomic mass is 16.5. The summed E-state index contributed by atoms with van der Waals surface area (Å²) in [5, 5.41) is 0. The zero-order valence-corrected chi connectivity index (χ0v) is 17.3. The van der Waals surface area contributed by atoms with E-state index in [9.17, 15) is 4.79 Å². The molecule has 1 saturated heterocycles. The second-order valence-electron chi connectivity index (χ2n) is 8.10. The van der Waals surface area contributed by atoms with Crippen LogP contribution in [0.15, 0.2) is 42.9 Å². The van der Waals surface area contributed by atoms with Crippen molar-refractivity contribution in [2.24, 2.45) is 0 Å². The summed E-state index contributed by atoms with van der Waals surface area (Å²) in [5.41, 5.74) is 3.58. The Hall–Kier alpha value is -2.93. The van der Waals surface area contributed by atoms with E-state index in [2.05, 4.69) is 31.6 Å². The first-order valence-corrected chi connectivity index (χ1v) is 10.8. The maximum absolute atomic E-state index is 13.0. The zero-order valence-electron chi connectivity index (χ0n) is 17.3. The number of imidazole rings is 1. The van der Waals surface area contributed by atoms with Crippen LogP contribution >= 0.6 is 0 Å². The highest BCUT2D eigenvalue weighted by Gasteiger charge is 2.27. The summed E-state index contributed by atoms with van der Waals surface area (Å²) >= 11 is 0. The predicted octanol–water partition coefficient (Wildman–Crippen LogP) is 3.12. The molecule has 3 heterocycles. The number of hydrogen-bond acceptors (Lipinski definition) is 5. The first-order valence-electron chi connectivity index (χ1n) is 10.8. The maximum Gasteiger partial charge on any atom is 0.255 e. The first-order chi connectivity index (χ1) is 14.7. The Morgan fingerprint density at radius 3 is 2.57 bits per heavy atom. The van der Waals surface area contributed by atoms with Gasteiger partial charge in [-0.05, 0) is 43.5 Å². The van der Waals surface area contributed by atoms with E-state index < -0.39 is 0 Å². The molecule has 156 valence electrons. The van der Waals surface area contributed by atoms with Gasteiger partial charge in [0.25, 0.3) is 5.91 Å². The van der Waals surface area contributed by atoms with Crippen molar-refractivity contribution in [1.29, 1.82) is 0 Å². The van der Waals surface area contributed by atoms with Gasteiger partial charge in [-0.2, -0.15) is 0 Å². The van der Waals surface area contributed by atoms with Crippen molar-refractivity contribution < 1.29 is 9.53 Å². The van der Waals surface area contributed by atoms with Crippen LogP contribution in [0.4, 0.5) is 0 Å². The van der Waals surface area contributed by atoms with Crippen LogP contribution in [0.2, 0.25) is 0 Å². The average Bonchev–Trinajstić information content (AvgIpc) is 3.54. The van der Waals surface area contributed by atoms with Gasteiger partial charge in [-0.1, -0.05) is 12.1 Å². The smallest absolute Gasteiger partial charge is 0.255 e. The van der Waals surface area contributed by atoms with Crippen LogP contribution in [0, 0.1) is 0 Å². The quantitative estimate of drug-likeness (QED) is 0.631. The SMILES string of the molecule is CCOc1ccc(CN2CCN(C(=O)c3cnc4c(c3)ncn4C3CC3)CC2)cc1. The molecule has 5 rings (SSSR count). The number of nitrogens with zero attached hydrogens (tertiary/aromatic N) is 5. The molecule has 2 aromatic heterocycles. The number of piperazine rings is 1. The second-order valence-corrected chi connectivity index (χ2v) is 8.10. The lowest BCUT2D eigenvalue weighted by Crippen LogP contribution is -2.48. The molecule has 0 spiro atoms. The Morgan fingerprint density at radius 1 is 1.10 bits per heavy atom. The van der Waals surface area contributed by atoms with Gasteiger partial charge in [-0.25, -0.2) is 9.97 Å². The minimum atomic E-state index is 0.0473. The van der Waals surface area contributed by atoms with Crippen molar-refractivity contribution in [1.82, 2.24) is 24.3 Å². The summed E-state index contributed by atoms with van der Waals surface area (Å²) in [6.07, 6.45) is 5.93. The van der Waals surface area contributed by atoms with Crippen molar-refractivity contribution in [2.75, 3.05) is 32.8 Å². The fourth-order valence-electron chi connectivity index (χ4n) is 4.06. The molecule has 7 heteroatoms. The molecule has 0 atom stereocenters. The minimum absolute atomic E-state index is 0.0473. The lowest BCUT2D eigenvalue weighted by atomic mass is 10.1. The Bertz CT molecular complexity index is 1030. The van der Waals surface area contributed by atoms with Gasteiger partial charge < -0.3 is 14.2 Å². The molecule has 1 aliphatic heterocycles. The molecule has 0 N–H and O–H groups in total. The fourth-order valence-corrected chi connectivity index (χ4v) is 4.06. The topological polar surface area (TPSA) is 63.5 Å². The number of rotatable bonds is 6. The standard InChI is InChI=1S/C23H27N5O2/c1-2-30-20-7-3-17(4-8-20)15-26-9-11-27(12-10-26)23(29)18-13-21-22(24-14-18)28(16-25-21)19-5-6-19/h3-4,7-8,13-14,16,19H,2,5-6,9-12,15H2,1H3. The molecule has 7 nitrogen and oxygen atoms in total. The number of hydrogen-bond donors (Lipinski definition) is 0. The highest BCUT2D eigenvalue weighted by molar-refractivity contribution is 5.96. The normalized spacial score (nSPS) is 17.4. The third-order valence-corrected chi connectivity index (χ3v) is 5.90. The van der Waals surface area contributed by atoms with Crippen molar-refractivity contribution in [3.63, 3.8) is 0 Å². The fraction of sp³-hybridized carbons (Fsp3) is 0.435. The summed E-state index contributed by atoms with van der Waals surface area (Å²) in [6, 6.07) is 10.7. The van der Waals surface area contributed by atoms with Gasteiger partial charge in [0.1, 0.15) is 11.3 Å². The molecule has 30 heavy (non-hydrogen) atoms. The van der Waals surface area contributed by atoms with E-state index in [0.717, 1.165) is 49.6 Å².